The van der Waals surface area contributed by atoms with E-state index in [0.717, 1.165) is 0 Å². The van der Waals surface area contributed by atoms with Crippen molar-refractivity contribution in [2.75, 3.05) is 0 Å². The summed E-state index contributed by atoms with van der Waals surface area (Å²) in [5, 5.41) is 9.69. The van der Waals surface area contributed by atoms with Crippen LogP contribution in [0.1, 0.15) is 5.56 Å². The Kier molecular flexibility index (Phi) is 4.26. The van der Waals surface area contributed by atoms with E-state index >= 15 is 0 Å². The molecule has 0 aliphatic rings. The van der Waals surface area contributed by atoms with Crippen molar-refractivity contribution in [1.29, 1.82) is 0 Å². The molecule has 0 aromatic heterocycles. The third kappa shape index (κ3) is 2.58. The topological polar surface area (TPSA) is 46.2 Å². The number of hydrogen-bond acceptors (Lipinski definition) is 2. The lowest BCUT2D eigenvalue weighted by Gasteiger charge is -1.99. The molecule has 0 aliphatic heterocycles. The summed E-state index contributed by atoms with van der Waals surface area (Å²) in [6.07, 6.45) is 0. The van der Waals surface area contributed by atoms with Crippen molar-refractivity contribution < 1.29 is 5.11 Å². The zero-order valence-electron chi connectivity index (χ0n) is 5.75. The molecule has 1 aromatic rings. The first-order chi connectivity index (χ1) is 4.74. The van der Waals surface area contributed by atoms with Gasteiger partial charge in [0.1, 0.15) is 5.75 Å². The van der Waals surface area contributed by atoms with Crippen LogP contribution in [-0.4, -0.2) is 5.11 Å². The fourth-order valence-electron chi connectivity index (χ4n) is 0.718. The van der Waals surface area contributed by atoms with Gasteiger partial charge < -0.3 is 10.8 Å². The lowest BCUT2D eigenvalue weighted by Crippen LogP contribution is -1.95. The molecule has 0 spiro atoms. The van der Waals surface area contributed by atoms with E-state index in [1.165, 1.54) is 6.07 Å². The SMILES string of the molecule is Cl.NCc1cc(Cl)ccc1O. The molecule has 0 fully saturated rings. The quantitative estimate of drug-likeness (QED) is 0.717. The van der Waals surface area contributed by atoms with E-state index < -0.39 is 0 Å². The van der Waals surface area contributed by atoms with Crippen LogP contribution in [0, 0.1) is 0 Å². The molecular weight excluding hydrogens is 185 g/mol. The maximum atomic E-state index is 9.10. The average Bonchev–Trinajstić information content (AvgIpc) is 1.94. The summed E-state index contributed by atoms with van der Waals surface area (Å²) < 4.78 is 0. The van der Waals surface area contributed by atoms with Gasteiger partial charge in [-0.1, -0.05) is 11.6 Å². The Morgan fingerprint density at radius 1 is 1.45 bits per heavy atom. The lowest BCUT2D eigenvalue weighted by atomic mass is 10.2. The number of benzene rings is 1. The van der Waals surface area contributed by atoms with Crippen LogP contribution >= 0.6 is 24.0 Å². The second kappa shape index (κ2) is 4.44. The highest BCUT2D eigenvalue weighted by molar-refractivity contribution is 6.30. The minimum Gasteiger partial charge on any atom is -0.508 e. The first-order valence-corrected chi connectivity index (χ1v) is 3.29. The number of rotatable bonds is 1. The highest BCUT2D eigenvalue weighted by Gasteiger charge is 1.97. The maximum absolute atomic E-state index is 9.10. The summed E-state index contributed by atoms with van der Waals surface area (Å²) in [5.74, 6) is 0.201. The summed E-state index contributed by atoms with van der Waals surface area (Å²) >= 11 is 5.63. The predicted molar refractivity (Wildman–Crippen MR) is 48.3 cm³/mol. The first kappa shape index (κ1) is 10.6. The van der Waals surface area contributed by atoms with Gasteiger partial charge in [-0.25, -0.2) is 0 Å². The van der Waals surface area contributed by atoms with Crippen LogP contribution in [0.25, 0.3) is 0 Å². The molecule has 0 saturated heterocycles. The molecule has 0 heterocycles. The van der Waals surface area contributed by atoms with Crippen molar-refractivity contribution in [3.8, 4) is 5.75 Å². The molecule has 0 saturated carbocycles. The van der Waals surface area contributed by atoms with Gasteiger partial charge in [-0.05, 0) is 18.2 Å². The summed E-state index contributed by atoms with van der Waals surface area (Å²) in [4.78, 5) is 0. The van der Waals surface area contributed by atoms with Gasteiger partial charge in [-0.3, -0.25) is 0 Å². The van der Waals surface area contributed by atoms with Gasteiger partial charge in [-0.2, -0.15) is 0 Å². The molecule has 0 aliphatic carbocycles. The number of hydrogen-bond donors (Lipinski definition) is 2. The van der Waals surface area contributed by atoms with E-state index in [-0.39, 0.29) is 18.2 Å². The summed E-state index contributed by atoms with van der Waals surface area (Å²) in [5.41, 5.74) is 5.97. The second-order valence-electron chi connectivity index (χ2n) is 1.98. The first-order valence-electron chi connectivity index (χ1n) is 2.91. The minimum atomic E-state index is 0. The Labute approximate surface area is 76.4 Å². The van der Waals surface area contributed by atoms with Crippen LogP contribution in [0.15, 0.2) is 18.2 Å². The second-order valence-corrected chi connectivity index (χ2v) is 2.41. The summed E-state index contributed by atoms with van der Waals surface area (Å²) in [6, 6.07) is 4.80. The number of halogens is 2. The molecule has 0 unspecified atom stereocenters. The third-order valence-corrected chi connectivity index (χ3v) is 1.50. The van der Waals surface area contributed by atoms with Crippen LogP contribution < -0.4 is 5.73 Å². The minimum absolute atomic E-state index is 0. The van der Waals surface area contributed by atoms with Crippen molar-refractivity contribution in [1.82, 2.24) is 0 Å². The largest absolute Gasteiger partial charge is 0.508 e. The van der Waals surface area contributed by atoms with E-state index in [0.29, 0.717) is 17.1 Å². The maximum Gasteiger partial charge on any atom is 0.120 e. The van der Waals surface area contributed by atoms with Crippen LogP contribution in [0.5, 0.6) is 5.75 Å². The smallest absolute Gasteiger partial charge is 0.120 e. The molecule has 0 radical (unpaired) electrons. The molecule has 1 aromatic carbocycles. The molecule has 62 valence electrons. The van der Waals surface area contributed by atoms with Crippen LogP contribution in [0.2, 0.25) is 5.02 Å². The number of nitrogens with two attached hydrogens (primary N) is 1. The van der Waals surface area contributed by atoms with E-state index in [1.54, 1.807) is 12.1 Å². The molecule has 3 N–H and O–H groups in total. The fourth-order valence-corrected chi connectivity index (χ4v) is 0.912. The van der Waals surface area contributed by atoms with Crippen molar-refractivity contribution in [2.24, 2.45) is 5.73 Å². The summed E-state index contributed by atoms with van der Waals surface area (Å²) in [7, 11) is 0. The molecule has 11 heavy (non-hydrogen) atoms. The van der Waals surface area contributed by atoms with E-state index in [1.807, 2.05) is 0 Å². The normalized spacial score (nSPS) is 8.91. The van der Waals surface area contributed by atoms with E-state index in [4.69, 9.17) is 22.4 Å². The molecule has 0 amide bonds. The zero-order chi connectivity index (χ0) is 7.56. The van der Waals surface area contributed by atoms with Crippen LogP contribution in [-0.2, 0) is 6.54 Å². The number of phenols is 1. The van der Waals surface area contributed by atoms with E-state index in [2.05, 4.69) is 0 Å². The molecule has 1 rings (SSSR count). The Hall–Kier alpha value is -0.440. The highest BCUT2D eigenvalue weighted by Crippen LogP contribution is 2.20. The average molecular weight is 194 g/mol. The number of aromatic hydroxyl groups is 1. The van der Waals surface area contributed by atoms with Crippen LogP contribution in [0.4, 0.5) is 0 Å². The Bertz CT molecular complexity index is 240. The molecule has 4 heteroatoms. The van der Waals surface area contributed by atoms with Crippen molar-refractivity contribution in [3.05, 3.63) is 28.8 Å². The standard InChI is InChI=1S/C7H8ClNO.ClH/c8-6-1-2-7(10)5(3-6)4-9;/h1-3,10H,4,9H2;1H. The van der Waals surface area contributed by atoms with Crippen LogP contribution in [0.3, 0.4) is 0 Å². The molecule has 0 atom stereocenters. The van der Waals surface area contributed by atoms with Gasteiger partial charge in [0, 0.05) is 17.1 Å². The predicted octanol–water partition coefficient (Wildman–Crippen LogP) is 1.93. The van der Waals surface area contributed by atoms with Gasteiger partial charge in [0.2, 0.25) is 0 Å². The van der Waals surface area contributed by atoms with Gasteiger partial charge in [0.25, 0.3) is 0 Å². The number of phenolic OH excluding ortho intramolecular Hbond substituents is 1. The lowest BCUT2D eigenvalue weighted by molar-refractivity contribution is 0.468. The molecule has 2 nitrogen and oxygen atoms in total. The third-order valence-electron chi connectivity index (χ3n) is 1.26. The molecular formula is C7H9Cl2NO. The Morgan fingerprint density at radius 3 is 2.55 bits per heavy atom. The molecule has 0 bridgehead atoms. The van der Waals surface area contributed by atoms with Gasteiger partial charge in [-0.15, -0.1) is 12.4 Å². The van der Waals surface area contributed by atoms with E-state index in [9.17, 15) is 0 Å². The highest BCUT2D eigenvalue weighted by atomic mass is 35.5. The fraction of sp³-hybridized carbons (Fsp3) is 0.143. The summed E-state index contributed by atoms with van der Waals surface area (Å²) in [6.45, 7) is 0.312. The van der Waals surface area contributed by atoms with Crippen molar-refractivity contribution in [2.45, 2.75) is 6.54 Å². The Balaban J connectivity index is 0.000001000. The van der Waals surface area contributed by atoms with Crippen molar-refractivity contribution in [3.63, 3.8) is 0 Å². The zero-order valence-corrected chi connectivity index (χ0v) is 7.32. The Morgan fingerprint density at radius 2 is 2.09 bits per heavy atom. The monoisotopic (exact) mass is 193 g/mol. The van der Waals surface area contributed by atoms with Gasteiger partial charge in [0.15, 0.2) is 0 Å². The van der Waals surface area contributed by atoms with Crippen molar-refractivity contribution >= 4 is 24.0 Å². The van der Waals surface area contributed by atoms with Gasteiger partial charge >= 0.3 is 0 Å². The van der Waals surface area contributed by atoms with Gasteiger partial charge in [0.05, 0.1) is 0 Å².